The molecule has 0 amide bonds. The third kappa shape index (κ3) is 4.67. The average molecular weight is 674 g/mol. The van der Waals surface area contributed by atoms with Crippen LogP contribution >= 0.6 is 0 Å². The van der Waals surface area contributed by atoms with Gasteiger partial charge in [-0.15, -0.1) is 0 Å². The van der Waals surface area contributed by atoms with Gasteiger partial charge in [-0.1, -0.05) is 34.6 Å². The van der Waals surface area contributed by atoms with E-state index >= 15 is 0 Å². The van der Waals surface area contributed by atoms with Crippen LogP contribution in [0.5, 0.6) is 0 Å². The van der Waals surface area contributed by atoms with Gasteiger partial charge < -0.3 is 33.9 Å². The zero-order valence-corrected chi connectivity index (χ0v) is 31.3. The van der Waals surface area contributed by atoms with Crippen molar-refractivity contribution in [3.8, 4) is 0 Å². The van der Waals surface area contributed by atoms with E-state index in [1.807, 2.05) is 20.8 Å². The van der Waals surface area contributed by atoms with Crippen LogP contribution in [0.25, 0.3) is 0 Å². The Kier molecular flexibility index (Phi) is 8.39. The van der Waals surface area contributed by atoms with Crippen LogP contribution in [0.3, 0.4) is 0 Å². The van der Waals surface area contributed by atoms with E-state index in [2.05, 4.69) is 39.5 Å². The Labute approximate surface area is 290 Å². The Morgan fingerprint density at radius 2 is 1.73 bits per heavy atom. The maximum atomic E-state index is 12.6. The Bertz CT molecular complexity index is 1220. The molecule has 0 aromatic carbocycles. The lowest BCUT2D eigenvalue weighted by Crippen LogP contribution is -2.60. The van der Waals surface area contributed by atoms with Crippen molar-refractivity contribution in [3.63, 3.8) is 0 Å². The van der Waals surface area contributed by atoms with E-state index in [1.165, 1.54) is 38.5 Å². The molecule has 15 atom stereocenters. The lowest BCUT2D eigenvalue weighted by molar-refractivity contribution is -0.251. The topological polar surface area (TPSA) is 89.9 Å². The largest absolute Gasteiger partial charge is 0.390 e. The fraction of sp³-hybridized carbons (Fsp3) is 1.00. The van der Waals surface area contributed by atoms with Gasteiger partial charge in [0.2, 0.25) is 0 Å². The number of rotatable bonds is 7. The zero-order valence-electron chi connectivity index (χ0n) is 31.3. The minimum atomic E-state index is -1.01. The number of hydrogen-bond donors (Lipinski definition) is 2. The standard InChI is InChI=1S/C40H67NO7/c1-9-45-34(36(5,6)43)26-20-24(2)31-32(47-26)33(42)38(8)28-11-10-27-35(3,4)29(12-14-39(27)23-40(28,39)16-15-37(31,38)7)48-30-21-41(17-19-46-30)25-13-18-44-22-25/h24-34,42-43H,9-23H2,1-8H3/t24-,25-,26-,27+,28+,29+,30+,31+,32+,33+,34+,37-,38-,39-,40+/m1/s1. The fourth-order valence-electron chi connectivity index (χ4n) is 14.7. The van der Waals surface area contributed by atoms with Crippen LogP contribution in [-0.4, -0.2) is 103 Å². The number of nitrogens with zero attached hydrogens (tertiary/aromatic N) is 1. The third-order valence-electron chi connectivity index (χ3n) is 16.9. The molecule has 0 radical (unpaired) electrons. The van der Waals surface area contributed by atoms with Crippen LogP contribution in [0.2, 0.25) is 0 Å². The number of ether oxygens (including phenoxy) is 5. The first-order valence-electron chi connectivity index (χ1n) is 19.9. The van der Waals surface area contributed by atoms with Crippen molar-refractivity contribution < 1.29 is 33.9 Å². The second kappa shape index (κ2) is 11.6. The van der Waals surface area contributed by atoms with Crippen LogP contribution in [0.1, 0.15) is 113 Å². The number of aliphatic hydroxyl groups is 2. The molecule has 3 aliphatic heterocycles. The summed E-state index contributed by atoms with van der Waals surface area (Å²) in [6, 6.07) is 0.504. The molecule has 2 N–H and O–H groups in total. The molecule has 274 valence electrons. The molecule has 3 saturated heterocycles. The predicted octanol–water partition coefficient (Wildman–Crippen LogP) is 5.81. The summed E-state index contributed by atoms with van der Waals surface area (Å²) in [5.74, 6) is 1.85. The van der Waals surface area contributed by atoms with Crippen LogP contribution in [0.4, 0.5) is 0 Å². The normalized spacial score (nSPS) is 53.6. The van der Waals surface area contributed by atoms with E-state index in [4.69, 9.17) is 23.7 Å². The van der Waals surface area contributed by atoms with Gasteiger partial charge in [0.05, 0.1) is 43.2 Å². The van der Waals surface area contributed by atoms with Crippen LogP contribution in [0.15, 0.2) is 0 Å². The summed E-state index contributed by atoms with van der Waals surface area (Å²) in [6.07, 6.45) is 9.18. The molecule has 0 aromatic rings. The predicted molar refractivity (Wildman–Crippen MR) is 183 cm³/mol. The second-order valence-corrected chi connectivity index (χ2v) is 19.5. The number of morpholine rings is 1. The van der Waals surface area contributed by atoms with E-state index in [0.29, 0.717) is 47.2 Å². The highest BCUT2D eigenvalue weighted by molar-refractivity contribution is 5.33. The molecule has 8 nitrogen and oxygen atoms in total. The summed E-state index contributed by atoms with van der Waals surface area (Å²) in [5.41, 5.74) is -0.445. The van der Waals surface area contributed by atoms with Crippen molar-refractivity contribution in [2.75, 3.05) is 39.5 Å². The molecular formula is C40H67NO7. The average Bonchev–Trinajstić information content (AvgIpc) is 3.29. The van der Waals surface area contributed by atoms with Crippen molar-refractivity contribution in [3.05, 3.63) is 0 Å². The van der Waals surface area contributed by atoms with E-state index in [0.717, 1.165) is 52.2 Å². The SMILES string of the molecule is CCO[C@@H]([C@H]1C[C@@H](C)[C@H]2[C@H](O1)[C@H](O)[C@@]1(C)[C@@H]3CC[C@H]4C(C)(C)[C@@H](O[C@H]5CN([C@@H]6CCOC6)CCO5)CC[C@@]45C[C@@]35CC[C@]21C)C(C)(C)O. The number of hydrogen-bond acceptors (Lipinski definition) is 8. The van der Waals surface area contributed by atoms with E-state index < -0.39 is 17.8 Å². The summed E-state index contributed by atoms with van der Waals surface area (Å²) < 4.78 is 32.0. The summed E-state index contributed by atoms with van der Waals surface area (Å²) in [6.45, 7) is 22.8. The van der Waals surface area contributed by atoms with Gasteiger partial charge in [-0.3, -0.25) is 4.90 Å². The molecule has 8 fully saturated rings. The third-order valence-corrected chi connectivity index (χ3v) is 16.9. The van der Waals surface area contributed by atoms with Crippen molar-refractivity contribution >= 4 is 0 Å². The first kappa shape index (κ1) is 34.7. The summed E-state index contributed by atoms with van der Waals surface area (Å²) >= 11 is 0. The smallest absolute Gasteiger partial charge is 0.170 e. The molecule has 8 rings (SSSR count). The Morgan fingerprint density at radius 3 is 2.44 bits per heavy atom. The minimum absolute atomic E-state index is 0.0221. The highest BCUT2D eigenvalue weighted by Gasteiger charge is 2.84. The van der Waals surface area contributed by atoms with Crippen molar-refractivity contribution in [2.24, 2.45) is 50.7 Å². The van der Waals surface area contributed by atoms with E-state index in [1.54, 1.807) is 0 Å². The summed E-state index contributed by atoms with van der Waals surface area (Å²) in [5, 5.41) is 23.7. The quantitative estimate of drug-likeness (QED) is 0.350. The van der Waals surface area contributed by atoms with Crippen LogP contribution < -0.4 is 0 Å². The second-order valence-electron chi connectivity index (χ2n) is 19.5. The molecule has 0 bridgehead atoms. The van der Waals surface area contributed by atoms with Gasteiger partial charge in [-0.2, -0.15) is 0 Å². The molecular weight excluding hydrogens is 606 g/mol. The lowest BCUT2D eigenvalue weighted by Gasteiger charge is -2.64. The highest BCUT2D eigenvalue weighted by Crippen LogP contribution is 2.89. The van der Waals surface area contributed by atoms with Gasteiger partial charge >= 0.3 is 0 Å². The van der Waals surface area contributed by atoms with Crippen LogP contribution in [-0.2, 0) is 23.7 Å². The summed E-state index contributed by atoms with van der Waals surface area (Å²) in [4.78, 5) is 2.54. The number of aliphatic hydroxyl groups excluding tert-OH is 1. The molecule has 8 aliphatic rings. The minimum Gasteiger partial charge on any atom is -0.390 e. The van der Waals surface area contributed by atoms with Crippen LogP contribution in [0, 0.1) is 50.7 Å². The number of fused-ring (bicyclic) bond motifs is 4. The van der Waals surface area contributed by atoms with Crippen molar-refractivity contribution in [2.45, 2.75) is 162 Å². The Morgan fingerprint density at radius 1 is 0.979 bits per heavy atom. The van der Waals surface area contributed by atoms with Gasteiger partial charge in [0.15, 0.2) is 6.29 Å². The van der Waals surface area contributed by atoms with Gasteiger partial charge in [-0.05, 0) is 124 Å². The van der Waals surface area contributed by atoms with Gasteiger partial charge in [0.25, 0.3) is 0 Å². The first-order valence-corrected chi connectivity index (χ1v) is 19.9. The van der Waals surface area contributed by atoms with Crippen molar-refractivity contribution in [1.29, 1.82) is 0 Å². The Balaban J connectivity index is 1.02. The maximum Gasteiger partial charge on any atom is 0.170 e. The van der Waals surface area contributed by atoms with Gasteiger partial charge in [-0.25, -0.2) is 0 Å². The van der Waals surface area contributed by atoms with E-state index in [9.17, 15) is 10.2 Å². The van der Waals surface area contributed by atoms with Gasteiger partial charge in [0.1, 0.15) is 6.10 Å². The monoisotopic (exact) mass is 673 g/mol. The zero-order chi connectivity index (χ0) is 34.1. The van der Waals surface area contributed by atoms with Crippen molar-refractivity contribution in [1.82, 2.24) is 4.90 Å². The van der Waals surface area contributed by atoms with E-state index in [-0.39, 0.29) is 40.8 Å². The molecule has 5 aliphatic carbocycles. The summed E-state index contributed by atoms with van der Waals surface area (Å²) in [7, 11) is 0. The first-order chi connectivity index (χ1) is 22.6. The molecule has 48 heavy (non-hydrogen) atoms. The maximum absolute atomic E-state index is 12.6. The molecule has 8 heteroatoms. The molecule has 0 unspecified atom stereocenters. The molecule has 3 heterocycles. The molecule has 5 saturated carbocycles. The fourth-order valence-corrected chi connectivity index (χ4v) is 14.7. The highest BCUT2D eigenvalue weighted by atomic mass is 16.7. The lowest BCUT2D eigenvalue weighted by atomic mass is 9.41. The molecule has 2 spiro atoms. The molecule has 0 aromatic heterocycles. The van der Waals surface area contributed by atoms with Gasteiger partial charge in [0, 0.05) is 37.8 Å². The Hall–Kier alpha value is -0.320.